The van der Waals surface area contributed by atoms with Gasteiger partial charge in [-0.2, -0.15) is 18.2 Å². The Balaban J connectivity index is 2.27. The van der Waals surface area contributed by atoms with E-state index >= 15 is 0 Å². The van der Waals surface area contributed by atoms with Crippen LogP contribution in [0.3, 0.4) is 0 Å². The lowest BCUT2D eigenvalue weighted by atomic mass is 9.97. The highest BCUT2D eigenvalue weighted by Crippen LogP contribution is 2.33. The second-order valence-electron chi connectivity index (χ2n) is 7.40. The SMILES string of the molecule is CC(C)c1nc(=O)c2ccc(C(F)(F)F)cc2n1CC(C(N)=O)c1ccc(Cl)c(Cl)c1. The van der Waals surface area contributed by atoms with E-state index in [2.05, 4.69) is 4.98 Å². The first-order chi connectivity index (χ1) is 14.4. The molecular weight excluding hydrogens is 454 g/mol. The van der Waals surface area contributed by atoms with E-state index in [-0.39, 0.29) is 39.2 Å². The third kappa shape index (κ3) is 4.70. The molecule has 31 heavy (non-hydrogen) atoms. The summed E-state index contributed by atoms with van der Waals surface area (Å²) in [7, 11) is 0. The quantitative estimate of drug-likeness (QED) is 0.561. The molecule has 10 heteroatoms. The molecule has 1 heterocycles. The van der Waals surface area contributed by atoms with Crippen LogP contribution < -0.4 is 11.3 Å². The second-order valence-corrected chi connectivity index (χ2v) is 8.21. The fourth-order valence-corrected chi connectivity index (χ4v) is 3.67. The summed E-state index contributed by atoms with van der Waals surface area (Å²) in [6.07, 6.45) is -4.61. The molecule has 5 nitrogen and oxygen atoms in total. The van der Waals surface area contributed by atoms with E-state index in [4.69, 9.17) is 28.9 Å². The third-order valence-electron chi connectivity index (χ3n) is 4.91. The van der Waals surface area contributed by atoms with Gasteiger partial charge in [-0.3, -0.25) is 9.59 Å². The molecule has 164 valence electrons. The zero-order valence-corrected chi connectivity index (χ0v) is 18.0. The van der Waals surface area contributed by atoms with Gasteiger partial charge in [0.1, 0.15) is 5.82 Å². The molecular formula is C21H18Cl2F3N3O2. The van der Waals surface area contributed by atoms with Crippen molar-refractivity contribution in [1.82, 2.24) is 9.55 Å². The number of halogens is 5. The van der Waals surface area contributed by atoms with E-state index < -0.39 is 29.1 Å². The molecule has 0 aliphatic carbocycles. The van der Waals surface area contributed by atoms with Crippen molar-refractivity contribution >= 4 is 40.0 Å². The Morgan fingerprint density at radius 1 is 1.13 bits per heavy atom. The lowest BCUT2D eigenvalue weighted by Crippen LogP contribution is -2.29. The average Bonchev–Trinajstić information content (AvgIpc) is 2.68. The highest BCUT2D eigenvalue weighted by Gasteiger charge is 2.31. The number of benzene rings is 2. The van der Waals surface area contributed by atoms with Gasteiger partial charge in [-0.05, 0) is 35.9 Å². The molecule has 3 aromatic rings. The van der Waals surface area contributed by atoms with Gasteiger partial charge in [0.15, 0.2) is 0 Å². The standard InChI is InChI=1S/C21H18Cl2F3N3O2/c1-10(2)19-28-20(31)13-5-4-12(21(24,25)26)8-17(13)29(19)9-14(18(27)30)11-3-6-15(22)16(23)7-11/h3-8,10,14H,9H2,1-2H3,(H2,27,30). The van der Waals surface area contributed by atoms with Crippen LogP contribution in [0.15, 0.2) is 41.2 Å². The molecule has 1 aromatic heterocycles. The Labute approximate surface area is 185 Å². The molecule has 0 aliphatic rings. The summed E-state index contributed by atoms with van der Waals surface area (Å²) in [5.41, 5.74) is 4.51. The summed E-state index contributed by atoms with van der Waals surface area (Å²) in [5.74, 6) is -1.74. The molecule has 0 fully saturated rings. The molecule has 2 aromatic carbocycles. The number of carbonyl (C=O) groups is 1. The Bertz CT molecular complexity index is 1220. The number of hydrogen-bond acceptors (Lipinski definition) is 3. The molecule has 0 saturated carbocycles. The second kappa shape index (κ2) is 8.51. The number of nitrogens with zero attached hydrogens (tertiary/aromatic N) is 2. The number of amides is 1. The van der Waals surface area contributed by atoms with Crippen molar-refractivity contribution in [3.8, 4) is 0 Å². The van der Waals surface area contributed by atoms with Crippen molar-refractivity contribution < 1.29 is 18.0 Å². The molecule has 1 atom stereocenters. The van der Waals surface area contributed by atoms with E-state index in [0.29, 0.717) is 5.56 Å². The van der Waals surface area contributed by atoms with Crippen LogP contribution in [0.25, 0.3) is 10.9 Å². The predicted molar refractivity (Wildman–Crippen MR) is 113 cm³/mol. The van der Waals surface area contributed by atoms with Gasteiger partial charge in [-0.1, -0.05) is 43.1 Å². The number of carbonyl (C=O) groups excluding carboxylic acids is 1. The number of hydrogen-bond donors (Lipinski definition) is 1. The molecule has 0 saturated heterocycles. The van der Waals surface area contributed by atoms with Gasteiger partial charge >= 0.3 is 6.18 Å². The Morgan fingerprint density at radius 2 is 1.81 bits per heavy atom. The van der Waals surface area contributed by atoms with E-state index in [1.807, 2.05) is 0 Å². The summed E-state index contributed by atoms with van der Waals surface area (Å²) in [4.78, 5) is 28.8. The Hall–Kier alpha value is -2.58. The van der Waals surface area contributed by atoms with Gasteiger partial charge < -0.3 is 10.3 Å². The van der Waals surface area contributed by atoms with Crippen molar-refractivity contribution in [3.05, 3.63) is 73.7 Å². The summed E-state index contributed by atoms with van der Waals surface area (Å²) in [6.45, 7) is 3.36. The minimum absolute atomic E-state index is 0.00904. The highest BCUT2D eigenvalue weighted by molar-refractivity contribution is 6.42. The maximum atomic E-state index is 13.3. The van der Waals surface area contributed by atoms with Crippen LogP contribution in [0.1, 0.15) is 42.6 Å². The molecule has 1 unspecified atom stereocenters. The first-order valence-corrected chi connectivity index (χ1v) is 10.0. The van der Waals surface area contributed by atoms with Gasteiger partial charge in [0, 0.05) is 12.5 Å². The molecule has 0 bridgehead atoms. The zero-order chi connectivity index (χ0) is 23.1. The molecule has 0 radical (unpaired) electrons. The van der Waals surface area contributed by atoms with Crippen LogP contribution in [0.4, 0.5) is 13.2 Å². The molecule has 0 aliphatic heterocycles. The number of rotatable bonds is 5. The number of nitrogens with two attached hydrogens (primary N) is 1. The first kappa shape index (κ1) is 23.1. The lowest BCUT2D eigenvalue weighted by molar-refractivity contribution is -0.137. The summed E-state index contributed by atoms with van der Waals surface area (Å²) in [6, 6.07) is 7.35. The minimum atomic E-state index is -4.61. The van der Waals surface area contributed by atoms with Crippen LogP contribution >= 0.6 is 23.2 Å². The van der Waals surface area contributed by atoms with Gasteiger partial charge in [0.05, 0.1) is 32.4 Å². The van der Waals surface area contributed by atoms with E-state index in [1.54, 1.807) is 19.9 Å². The number of aromatic nitrogens is 2. The molecule has 0 spiro atoms. The first-order valence-electron chi connectivity index (χ1n) is 9.26. The van der Waals surface area contributed by atoms with E-state index in [1.165, 1.54) is 16.7 Å². The number of primary amides is 1. The van der Waals surface area contributed by atoms with Gasteiger partial charge in [-0.15, -0.1) is 0 Å². The Morgan fingerprint density at radius 3 is 2.35 bits per heavy atom. The summed E-state index contributed by atoms with van der Waals surface area (Å²) < 4.78 is 41.5. The van der Waals surface area contributed by atoms with Crippen molar-refractivity contribution in [2.75, 3.05) is 0 Å². The van der Waals surface area contributed by atoms with E-state index in [9.17, 15) is 22.8 Å². The van der Waals surface area contributed by atoms with Crippen LogP contribution in [-0.2, 0) is 17.5 Å². The van der Waals surface area contributed by atoms with Crippen molar-refractivity contribution in [2.24, 2.45) is 5.73 Å². The van der Waals surface area contributed by atoms with Gasteiger partial charge in [0.25, 0.3) is 5.56 Å². The summed E-state index contributed by atoms with van der Waals surface area (Å²) >= 11 is 12.0. The monoisotopic (exact) mass is 471 g/mol. The van der Waals surface area contributed by atoms with Crippen LogP contribution in [0, 0.1) is 0 Å². The lowest BCUT2D eigenvalue weighted by Gasteiger charge is -2.23. The Kier molecular flexibility index (Phi) is 6.34. The highest BCUT2D eigenvalue weighted by atomic mass is 35.5. The zero-order valence-electron chi connectivity index (χ0n) is 16.5. The van der Waals surface area contributed by atoms with Gasteiger partial charge in [-0.25, -0.2) is 0 Å². The van der Waals surface area contributed by atoms with Gasteiger partial charge in [0.2, 0.25) is 5.91 Å². The molecule has 2 N–H and O–H groups in total. The fourth-order valence-electron chi connectivity index (χ4n) is 3.36. The van der Waals surface area contributed by atoms with Crippen molar-refractivity contribution in [1.29, 1.82) is 0 Å². The molecule has 3 rings (SSSR count). The molecule has 1 amide bonds. The smallest absolute Gasteiger partial charge is 0.369 e. The maximum Gasteiger partial charge on any atom is 0.416 e. The normalized spacial score (nSPS) is 13.0. The van der Waals surface area contributed by atoms with Crippen molar-refractivity contribution in [3.63, 3.8) is 0 Å². The van der Waals surface area contributed by atoms with Crippen molar-refractivity contribution in [2.45, 2.75) is 38.4 Å². The van der Waals surface area contributed by atoms with Crippen LogP contribution in [-0.4, -0.2) is 15.5 Å². The average molecular weight is 472 g/mol. The van der Waals surface area contributed by atoms with E-state index in [0.717, 1.165) is 18.2 Å². The third-order valence-corrected chi connectivity index (χ3v) is 5.65. The summed E-state index contributed by atoms with van der Waals surface area (Å²) in [5, 5.41) is 0.494. The number of alkyl halides is 3. The van der Waals surface area contributed by atoms with Crippen LogP contribution in [0.5, 0.6) is 0 Å². The largest absolute Gasteiger partial charge is 0.416 e. The fraction of sp³-hybridized carbons (Fsp3) is 0.286. The topological polar surface area (TPSA) is 78.0 Å². The predicted octanol–water partition coefficient (Wildman–Crippen LogP) is 5.11. The maximum absolute atomic E-state index is 13.3. The van der Waals surface area contributed by atoms with Crippen LogP contribution in [0.2, 0.25) is 10.0 Å². The minimum Gasteiger partial charge on any atom is -0.369 e. The number of fused-ring (bicyclic) bond motifs is 1.